The monoisotopic (exact) mass is 314 g/mol. The molecule has 2 nitrogen and oxygen atoms in total. The van der Waals surface area contributed by atoms with E-state index in [0.717, 1.165) is 25.7 Å². The maximum atomic E-state index is 12.1. The third-order valence-corrected chi connectivity index (χ3v) is 8.04. The van der Waals surface area contributed by atoms with Crippen LogP contribution < -0.4 is 0 Å². The molecule has 6 atom stereocenters. The van der Waals surface area contributed by atoms with Crippen molar-refractivity contribution in [2.75, 3.05) is 0 Å². The van der Waals surface area contributed by atoms with Crippen LogP contribution in [0.2, 0.25) is 0 Å². The Morgan fingerprint density at radius 2 is 1.87 bits per heavy atom. The molecule has 4 rings (SSSR count). The van der Waals surface area contributed by atoms with E-state index >= 15 is 0 Å². The second-order valence-electron chi connectivity index (χ2n) is 9.06. The molecular weight excluding hydrogens is 284 g/mol. The molecule has 3 saturated carbocycles. The molecule has 0 aromatic carbocycles. The van der Waals surface area contributed by atoms with E-state index < -0.39 is 0 Å². The molecule has 0 radical (unpaired) electrons. The highest BCUT2D eigenvalue weighted by Crippen LogP contribution is 2.64. The third-order valence-electron chi connectivity index (χ3n) is 8.04. The summed E-state index contributed by atoms with van der Waals surface area (Å²) in [6.45, 7) is 6.60. The van der Waals surface area contributed by atoms with Crippen molar-refractivity contribution >= 4 is 5.78 Å². The number of allylic oxidation sites excluding steroid dienone is 3. The van der Waals surface area contributed by atoms with Gasteiger partial charge in [-0.2, -0.15) is 0 Å². The van der Waals surface area contributed by atoms with Crippen LogP contribution in [0.25, 0.3) is 0 Å². The number of rotatable bonds is 1. The third kappa shape index (κ3) is 2.06. The Balaban J connectivity index is 1.72. The van der Waals surface area contributed by atoms with Gasteiger partial charge in [0.25, 0.3) is 0 Å². The van der Waals surface area contributed by atoms with Crippen LogP contribution in [0.4, 0.5) is 0 Å². The summed E-state index contributed by atoms with van der Waals surface area (Å²) >= 11 is 0. The second kappa shape index (κ2) is 5.05. The lowest BCUT2D eigenvalue weighted by molar-refractivity contribution is -0.124. The highest BCUT2D eigenvalue weighted by atomic mass is 16.3. The standard InChI is InChI=1S/C21H30O2/c1-13(22)17-6-7-18-16-5-4-14-12-15(23)8-10-20(14,2)19(16)9-11-21(17,18)3/h4-5,15,17-19,23H,6-12H2,1-3H3/t15-,17+,18-,19-,20-,21+/m0/s1. The number of aliphatic hydroxyl groups excluding tert-OH is 1. The second-order valence-corrected chi connectivity index (χ2v) is 9.06. The predicted octanol–water partition coefficient (Wildman–Crippen LogP) is 4.44. The van der Waals surface area contributed by atoms with Crippen molar-refractivity contribution in [3.63, 3.8) is 0 Å². The molecule has 1 N–H and O–H groups in total. The minimum absolute atomic E-state index is 0.147. The molecule has 126 valence electrons. The van der Waals surface area contributed by atoms with E-state index in [-0.39, 0.29) is 22.9 Å². The van der Waals surface area contributed by atoms with Gasteiger partial charge in [-0.25, -0.2) is 0 Å². The molecule has 0 spiro atoms. The van der Waals surface area contributed by atoms with Crippen LogP contribution in [0.1, 0.15) is 65.7 Å². The first-order valence-electron chi connectivity index (χ1n) is 9.46. The molecule has 4 aliphatic carbocycles. The van der Waals surface area contributed by atoms with Gasteiger partial charge in [0.05, 0.1) is 6.10 Å². The summed E-state index contributed by atoms with van der Waals surface area (Å²) in [7, 11) is 0. The van der Waals surface area contributed by atoms with Gasteiger partial charge in [0.2, 0.25) is 0 Å². The topological polar surface area (TPSA) is 37.3 Å². The molecule has 0 aliphatic heterocycles. The molecule has 0 unspecified atom stereocenters. The van der Waals surface area contributed by atoms with E-state index in [9.17, 15) is 9.90 Å². The molecule has 0 saturated heterocycles. The van der Waals surface area contributed by atoms with Gasteiger partial charge >= 0.3 is 0 Å². The average molecular weight is 314 g/mol. The molecule has 23 heavy (non-hydrogen) atoms. The molecule has 2 heteroatoms. The van der Waals surface area contributed by atoms with Crippen molar-refractivity contribution in [1.29, 1.82) is 0 Å². The fourth-order valence-corrected chi connectivity index (χ4v) is 6.65. The molecule has 0 aromatic rings. The molecule has 0 amide bonds. The van der Waals surface area contributed by atoms with Crippen molar-refractivity contribution < 1.29 is 9.90 Å². The summed E-state index contributed by atoms with van der Waals surface area (Å²) < 4.78 is 0. The maximum Gasteiger partial charge on any atom is 0.133 e. The zero-order valence-corrected chi connectivity index (χ0v) is 14.8. The van der Waals surface area contributed by atoms with Crippen molar-refractivity contribution in [1.82, 2.24) is 0 Å². The Morgan fingerprint density at radius 1 is 1.09 bits per heavy atom. The van der Waals surface area contributed by atoms with Crippen molar-refractivity contribution in [3.05, 3.63) is 23.3 Å². The Hall–Kier alpha value is -0.890. The number of aliphatic hydroxyl groups is 1. The van der Waals surface area contributed by atoms with E-state index in [0.29, 0.717) is 17.6 Å². The van der Waals surface area contributed by atoms with Crippen LogP contribution in [-0.2, 0) is 4.79 Å². The number of carbonyl (C=O) groups is 1. The van der Waals surface area contributed by atoms with Gasteiger partial charge in [-0.1, -0.05) is 37.1 Å². The van der Waals surface area contributed by atoms with E-state index in [1.807, 2.05) is 0 Å². The Morgan fingerprint density at radius 3 is 2.61 bits per heavy atom. The first-order chi connectivity index (χ1) is 10.9. The van der Waals surface area contributed by atoms with Gasteiger partial charge in [-0.15, -0.1) is 0 Å². The first kappa shape index (κ1) is 15.6. The Bertz CT molecular complexity index is 601. The Labute approximate surface area is 140 Å². The molecule has 0 bridgehead atoms. The van der Waals surface area contributed by atoms with Gasteiger partial charge < -0.3 is 5.11 Å². The highest BCUT2D eigenvalue weighted by molar-refractivity contribution is 5.79. The average Bonchev–Trinajstić information content (AvgIpc) is 2.85. The number of hydrogen-bond donors (Lipinski definition) is 1. The minimum Gasteiger partial charge on any atom is -0.393 e. The summed E-state index contributed by atoms with van der Waals surface area (Å²) in [4.78, 5) is 12.1. The SMILES string of the molecule is CC(=O)[C@H]1CC[C@H]2C3=CC=C4C[C@@H](O)CC[C@]4(C)[C@H]3CC[C@]12C. The largest absolute Gasteiger partial charge is 0.393 e. The smallest absolute Gasteiger partial charge is 0.133 e. The summed E-state index contributed by atoms with van der Waals surface area (Å²) in [5.41, 5.74) is 3.53. The lowest BCUT2D eigenvalue weighted by Gasteiger charge is -2.54. The van der Waals surface area contributed by atoms with Crippen LogP contribution in [0.5, 0.6) is 0 Å². The predicted molar refractivity (Wildman–Crippen MR) is 91.9 cm³/mol. The molecule has 0 aromatic heterocycles. The van der Waals surface area contributed by atoms with E-state index in [2.05, 4.69) is 26.0 Å². The van der Waals surface area contributed by atoms with Crippen LogP contribution in [0, 0.1) is 28.6 Å². The summed E-state index contributed by atoms with van der Waals surface area (Å²) in [5, 5.41) is 10.0. The lowest BCUT2D eigenvalue weighted by atomic mass is 9.50. The fourth-order valence-electron chi connectivity index (χ4n) is 6.65. The van der Waals surface area contributed by atoms with Gasteiger partial charge in [0, 0.05) is 5.92 Å². The highest BCUT2D eigenvalue weighted by Gasteiger charge is 2.57. The quantitative estimate of drug-likeness (QED) is 0.777. The maximum absolute atomic E-state index is 12.1. The number of hydrogen-bond acceptors (Lipinski definition) is 2. The van der Waals surface area contributed by atoms with E-state index in [4.69, 9.17) is 0 Å². The van der Waals surface area contributed by atoms with Crippen molar-refractivity contribution in [3.8, 4) is 0 Å². The number of ketones is 1. The number of Topliss-reactive ketones (excluding diaryl/α,β-unsaturated/α-hetero) is 1. The van der Waals surface area contributed by atoms with E-state index in [1.165, 1.54) is 24.8 Å². The van der Waals surface area contributed by atoms with Crippen molar-refractivity contribution in [2.24, 2.45) is 28.6 Å². The first-order valence-corrected chi connectivity index (χ1v) is 9.46. The van der Waals surface area contributed by atoms with Gasteiger partial charge in [-0.05, 0) is 74.5 Å². The molecule has 4 aliphatic rings. The molecule has 0 heterocycles. The summed E-state index contributed by atoms with van der Waals surface area (Å²) in [6.07, 6.45) is 12.1. The molecular formula is C21H30O2. The number of fused-ring (bicyclic) bond motifs is 5. The molecule has 3 fully saturated rings. The van der Waals surface area contributed by atoms with Crippen LogP contribution in [0.15, 0.2) is 23.3 Å². The fraction of sp³-hybridized carbons (Fsp3) is 0.762. The van der Waals surface area contributed by atoms with Gasteiger partial charge in [0.15, 0.2) is 0 Å². The van der Waals surface area contributed by atoms with Crippen LogP contribution in [0.3, 0.4) is 0 Å². The zero-order valence-electron chi connectivity index (χ0n) is 14.8. The van der Waals surface area contributed by atoms with Crippen LogP contribution in [-0.4, -0.2) is 17.0 Å². The van der Waals surface area contributed by atoms with Crippen molar-refractivity contribution in [2.45, 2.75) is 71.8 Å². The normalized spacial score (nSPS) is 48.7. The lowest BCUT2D eigenvalue weighted by Crippen LogP contribution is -2.46. The zero-order chi connectivity index (χ0) is 16.4. The number of carbonyl (C=O) groups excluding carboxylic acids is 1. The van der Waals surface area contributed by atoms with Crippen LogP contribution >= 0.6 is 0 Å². The van der Waals surface area contributed by atoms with E-state index in [1.54, 1.807) is 12.5 Å². The van der Waals surface area contributed by atoms with Gasteiger partial charge in [-0.3, -0.25) is 4.79 Å². The summed E-state index contributed by atoms with van der Waals surface area (Å²) in [6, 6.07) is 0. The minimum atomic E-state index is -0.147. The summed E-state index contributed by atoms with van der Waals surface area (Å²) in [5.74, 6) is 1.89. The van der Waals surface area contributed by atoms with Gasteiger partial charge in [0.1, 0.15) is 5.78 Å². The Kier molecular flexibility index (Phi) is 3.43.